The van der Waals surface area contributed by atoms with E-state index in [0.29, 0.717) is 31.1 Å². The number of fused-ring (bicyclic) bond motifs is 1. The highest BCUT2D eigenvalue weighted by atomic mass is 32.1. The van der Waals surface area contributed by atoms with Crippen LogP contribution in [0.1, 0.15) is 15.2 Å². The molecular weight excluding hydrogens is 376 g/mol. The fourth-order valence-corrected chi connectivity index (χ4v) is 4.29. The Morgan fingerprint density at radius 3 is 2.46 bits per heavy atom. The fraction of sp³-hybridized carbons (Fsp3) is 0.238. The molecule has 6 nitrogen and oxygen atoms in total. The van der Waals surface area contributed by atoms with Crippen molar-refractivity contribution in [1.29, 1.82) is 0 Å². The maximum Gasteiger partial charge on any atom is 0.410 e. The molecule has 7 heteroatoms. The molecule has 1 aliphatic rings. The van der Waals surface area contributed by atoms with Gasteiger partial charge < -0.3 is 19.6 Å². The van der Waals surface area contributed by atoms with Gasteiger partial charge in [0.05, 0.1) is 0 Å². The third-order valence-electron chi connectivity index (χ3n) is 4.83. The molecule has 4 rings (SSSR count). The number of aromatic carboxylic acids is 1. The summed E-state index contributed by atoms with van der Waals surface area (Å²) in [5.74, 6) is -0.905. The van der Waals surface area contributed by atoms with E-state index in [2.05, 4.69) is 4.90 Å². The molecule has 0 radical (unpaired) electrons. The van der Waals surface area contributed by atoms with Gasteiger partial charge in [-0.05, 0) is 23.8 Å². The summed E-state index contributed by atoms with van der Waals surface area (Å²) in [7, 11) is 0. The lowest BCUT2D eigenvalue weighted by Crippen LogP contribution is -2.49. The Morgan fingerprint density at radius 1 is 1.00 bits per heavy atom. The largest absolute Gasteiger partial charge is 0.477 e. The highest BCUT2D eigenvalue weighted by molar-refractivity contribution is 7.20. The Morgan fingerprint density at radius 2 is 1.75 bits per heavy atom. The summed E-state index contributed by atoms with van der Waals surface area (Å²) in [6, 6.07) is 17.2. The summed E-state index contributed by atoms with van der Waals surface area (Å²) in [6.07, 6.45) is -0.301. The number of carbonyl (C=O) groups is 2. The molecule has 0 saturated carbocycles. The van der Waals surface area contributed by atoms with E-state index in [-0.39, 0.29) is 12.7 Å². The van der Waals surface area contributed by atoms with E-state index < -0.39 is 5.97 Å². The van der Waals surface area contributed by atoms with Gasteiger partial charge in [0, 0.05) is 42.0 Å². The predicted molar refractivity (Wildman–Crippen MR) is 109 cm³/mol. The van der Waals surface area contributed by atoms with Crippen LogP contribution in [0.3, 0.4) is 0 Å². The van der Waals surface area contributed by atoms with E-state index in [0.717, 1.165) is 21.3 Å². The normalized spacial score (nSPS) is 14.3. The number of benzene rings is 2. The van der Waals surface area contributed by atoms with Crippen LogP contribution >= 0.6 is 11.3 Å². The number of piperazine rings is 1. The molecule has 1 aliphatic heterocycles. The zero-order valence-corrected chi connectivity index (χ0v) is 16.0. The van der Waals surface area contributed by atoms with Crippen molar-refractivity contribution in [2.75, 3.05) is 31.1 Å². The van der Waals surface area contributed by atoms with Gasteiger partial charge in [0.15, 0.2) is 0 Å². The summed E-state index contributed by atoms with van der Waals surface area (Å²) in [5, 5.41) is 10.2. The van der Waals surface area contributed by atoms with Crippen molar-refractivity contribution in [1.82, 2.24) is 4.90 Å². The first-order valence-corrected chi connectivity index (χ1v) is 9.90. The van der Waals surface area contributed by atoms with E-state index in [1.807, 2.05) is 48.5 Å². The van der Waals surface area contributed by atoms with Crippen molar-refractivity contribution in [3.63, 3.8) is 0 Å². The first-order valence-electron chi connectivity index (χ1n) is 9.08. The quantitative estimate of drug-likeness (QED) is 0.720. The zero-order valence-electron chi connectivity index (χ0n) is 15.2. The molecule has 1 N–H and O–H groups in total. The molecule has 0 bridgehead atoms. The predicted octanol–water partition coefficient (Wildman–Crippen LogP) is 4.06. The number of carboxylic acid groups (broad SMARTS) is 1. The van der Waals surface area contributed by atoms with Crippen molar-refractivity contribution in [2.45, 2.75) is 6.61 Å². The van der Waals surface area contributed by atoms with Crippen LogP contribution in [0.5, 0.6) is 0 Å². The topological polar surface area (TPSA) is 70.1 Å². The molecule has 0 aliphatic carbocycles. The maximum atomic E-state index is 12.3. The second-order valence-electron chi connectivity index (χ2n) is 6.62. The van der Waals surface area contributed by atoms with Crippen molar-refractivity contribution >= 4 is 39.2 Å². The minimum Gasteiger partial charge on any atom is -0.477 e. The van der Waals surface area contributed by atoms with Gasteiger partial charge in [0.2, 0.25) is 0 Å². The number of rotatable bonds is 4. The van der Waals surface area contributed by atoms with Gasteiger partial charge in [-0.3, -0.25) is 0 Å². The van der Waals surface area contributed by atoms with Crippen LogP contribution in [0.4, 0.5) is 10.5 Å². The number of hydrogen-bond donors (Lipinski definition) is 1. The minimum atomic E-state index is -0.905. The minimum absolute atomic E-state index is 0.270. The monoisotopic (exact) mass is 396 g/mol. The molecule has 1 amide bonds. The lowest BCUT2D eigenvalue weighted by molar-refractivity contribution is 0.0702. The highest BCUT2D eigenvalue weighted by Gasteiger charge is 2.24. The third-order valence-corrected chi connectivity index (χ3v) is 5.92. The number of thiophene rings is 1. The van der Waals surface area contributed by atoms with Crippen LogP contribution in [0.2, 0.25) is 0 Å². The second kappa shape index (κ2) is 7.90. The molecule has 1 fully saturated rings. The van der Waals surface area contributed by atoms with Crippen LogP contribution in [-0.2, 0) is 11.3 Å². The lowest BCUT2D eigenvalue weighted by Gasteiger charge is -2.35. The summed E-state index contributed by atoms with van der Waals surface area (Å²) >= 11 is 1.28. The molecule has 3 aromatic rings. The van der Waals surface area contributed by atoms with Gasteiger partial charge >= 0.3 is 12.1 Å². The smallest absolute Gasteiger partial charge is 0.410 e. The van der Waals surface area contributed by atoms with Gasteiger partial charge in [0.25, 0.3) is 0 Å². The highest BCUT2D eigenvalue weighted by Crippen LogP contribution is 2.34. The third kappa shape index (κ3) is 3.80. The average molecular weight is 396 g/mol. The Hall–Kier alpha value is -3.06. The summed E-state index contributed by atoms with van der Waals surface area (Å²) in [4.78, 5) is 27.9. The Kier molecular flexibility index (Phi) is 5.16. The molecule has 144 valence electrons. The Balaban J connectivity index is 1.39. The van der Waals surface area contributed by atoms with Crippen molar-refractivity contribution in [3.8, 4) is 0 Å². The summed E-state index contributed by atoms with van der Waals surface area (Å²) in [5.41, 5.74) is 1.98. The fourth-order valence-electron chi connectivity index (χ4n) is 3.37. The molecule has 0 spiro atoms. The lowest BCUT2D eigenvalue weighted by atomic mass is 10.1. The molecule has 1 saturated heterocycles. The maximum absolute atomic E-state index is 12.3. The van der Waals surface area contributed by atoms with Crippen molar-refractivity contribution in [2.24, 2.45) is 0 Å². The number of hydrogen-bond acceptors (Lipinski definition) is 5. The van der Waals surface area contributed by atoms with Gasteiger partial charge in [-0.2, -0.15) is 0 Å². The van der Waals surface area contributed by atoms with Crippen molar-refractivity contribution < 1.29 is 19.4 Å². The van der Waals surface area contributed by atoms with Gasteiger partial charge in [-0.1, -0.05) is 36.4 Å². The number of carboxylic acids is 1. The van der Waals surface area contributed by atoms with Gasteiger partial charge in [-0.15, -0.1) is 11.3 Å². The summed E-state index contributed by atoms with van der Waals surface area (Å²) < 4.78 is 6.37. The first-order chi connectivity index (χ1) is 13.6. The number of carbonyl (C=O) groups excluding carboxylic acids is 1. The van der Waals surface area contributed by atoms with Gasteiger partial charge in [-0.25, -0.2) is 9.59 Å². The van der Waals surface area contributed by atoms with Crippen LogP contribution in [0.15, 0.2) is 54.6 Å². The number of ether oxygens (including phenoxy) is 1. The van der Waals surface area contributed by atoms with Crippen molar-refractivity contribution in [3.05, 3.63) is 65.0 Å². The van der Waals surface area contributed by atoms with Crippen LogP contribution < -0.4 is 4.90 Å². The van der Waals surface area contributed by atoms with Gasteiger partial charge in [0.1, 0.15) is 11.5 Å². The van der Waals surface area contributed by atoms with Crippen LogP contribution in [0.25, 0.3) is 10.1 Å². The standard InChI is InChI=1S/C21H20N2O4S/c24-20(25)19-13-16-17(7-4-8-18(16)28-19)22-9-11-23(12-10-22)21(26)27-14-15-5-2-1-3-6-15/h1-8,13H,9-12,14H2,(H,24,25). The second-order valence-corrected chi connectivity index (χ2v) is 7.70. The number of anilines is 1. The Labute approximate surface area is 166 Å². The van der Waals surface area contributed by atoms with E-state index in [4.69, 9.17) is 4.74 Å². The average Bonchev–Trinajstić information content (AvgIpc) is 3.18. The van der Waals surface area contributed by atoms with E-state index >= 15 is 0 Å². The zero-order chi connectivity index (χ0) is 19.5. The Bertz CT molecular complexity index is 994. The molecule has 28 heavy (non-hydrogen) atoms. The van der Waals surface area contributed by atoms with Crippen LogP contribution in [0, 0.1) is 0 Å². The molecule has 0 atom stereocenters. The molecular formula is C21H20N2O4S. The number of nitrogens with zero attached hydrogens (tertiary/aromatic N) is 2. The summed E-state index contributed by atoms with van der Waals surface area (Å²) in [6.45, 7) is 2.77. The van der Waals surface area contributed by atoms with Crippen LogP contribution in [-0.4, -0.2) is 48.2 Å². The molecule has 2 heterocycles. The first kappa shape index (κ1) is 18.3. The molecule has 2 aromatic carbocycles. The SMILES string of the molecule is O=C(O)c1cc2c(N3CCN(C(=O)OCc4ccccc4)CC3)cccc2s1. The molecule has 1 aromatic heterocycles. The number of amides is 1. The molecule has 0 unspecified atom stereocenters. The van der Waals surface area contributed by atoms with E-state index in [1.54, 1.807) is 11.0 Å². The van der Waals surface area contributed by atoms with E-state index in [9.17, 15) is 14.7 Å². The van der Waals surface area contributed by atoms with E-state index in [1.165, 1.54) is 11.3 Å².